The van der Waals surface area contributed by atoms with Crippen LogP contribution in [0.3, 0.4) is 0 Å². The zero-order valence-corrected chi connectivity index (χ0v) is 14.1. The summed E-state index contributed by atoms with van der Waals surface area (Å²) in [6.07, 6.45) is 0. The third-order valence-electron chi connectivity index (χ3n) is 2.89. The largest absolute Gasteiger partial charge is 0.363 e. The summed E-state index contributed by atoms with van der Waals surface area (Å²) in [4.78, 5) is 10.5. The van der Waals surface area contributed by atoms with Crippen molar-refractivity contribution in [3.8, 4) is 0 Å². The molecule has 22 heavy (non-hydrogen) atoms. The molecule has 6 nitrogen and oxygen atoms in total. The van der Waals surface area contributed by atoms with Crippen LogP contribution in [-0.4, -0.2) is 32.5 Å². The molecule has 1 N–H and O–H groups in total. The van der Waals surface area contributed by atoms with Crippen molar-refractivity contribution in [2.75, 3.05) is 19.0 Å². The average Bonchev–Trinajstić information content (AvgIpc) is 2.45. The molecule has 0 saturated carbocycles. The van der Waals surface area contributed by atoms with E-state index in [0.29, 0.717) is 10.8 Å². The summed E-state index contributed by atoms with van der Waals surface area (Å²) in [6.45, 7) is 1.86. The van der Waals surface area contributed by atoms with Crippen molar-refractivity contribution in [2.24, 2.45) is 0 Å². The maximum absolute atomic E-state index is 12.2. The molecule has 0 spiro atoms. The van der Waals surface area contributed by atoms with E-state index < -0.39 is 10.0 Å². The van der Waals surface area contributed by atoms with E-state index >= 15 is 0 Å². The number of anilines is 1. The normalized spacial score (nSPS) is 11.5. The third-order valence-corrected chi connectivity index (χ3v) is 4.56. The lowest BCUT2D eigenvalue weighted by molar-refractivity contribution is 0.579. The van der Waals surface area contributed by atoms with Gasteiger partial charge >= 0.3 is 0 Å². The number of aromatic nitrogens is 2. The van der Waals surface area contributed by atoms with E-state index in [1.807, 2.05) is 32.0 Å². The minimum atomic E-state index is -3.62. The fraction of sp³-hybridized carbons (Fsp3) is 0.286. The predicted molar refractivity (Wildman–Crippen MR) is 86.6 cm³/mol. The Bertz CT molecular complexity index is 761. The van der Waals surface area contributed by atoms with Crippen molar-refractivity contribution in [1.82, 2.24) is 14.7 Å². The maximum Gasteiger partial charge on any atom is 0.240 e. The summed E-state index contributed by atoms with van der Waals surface area (Å²) in [7, 11) is 0.106. The quantitative estimate of drug-likeness (QED) is 0.900. The molecule has 1 aromatic carbocycles. The van der Waals surface area contributed by atoms with Gasteiger partial charge < -0.3 is 4.90 Å². The summed E-state index contributed by atoms with van der Waals surface area (Å²) < 4.78 is 26.9. The highest BCUT2D eigenvalue weighted by molar-refractivity contribution is 7.89. The third kappa shape index (κ3) is 4.16. The number of rotatable bonds is 5. The van der Waals surface area contributed by atoms with Gasteiger partial charge in [-0.05, 0) is 31.2 Å². The Labute approximate surface area is 135 Å². The topological polar surface area (TPSA) is 75.2 Å². The number of hydrogen-bond acceptors (Lipinski definition) is 5. The van der Waals surface area contributed by atoms with Crippen LogP contribution >= 0.6 is 11.6 Å². The van der Waals surface area contributed by atoms with Crippen molar-refractivity contribution >= 4 is 27.4 Å². The number of hydrogen-bond donors (Lipinski definition) is 1. The smallest absolute Gasteiger partial charge is 0.240 e. The first-order valence-corrected chi connectivity index (χ1v) is 8.41. The molecule has 1 heterocycles. The first-order valence-electron chi connectivity index (χ1n) is 6.55. The summed E-state index contributed by atoms with van der Waals surface area (Å²) >= 11 is 5.76. The summed E-state index contributed by atoms with van der Waals surface area (Å²) in [6, 6.07) is 7.80. The van der Waals surface area contributed by atoms with Crippen LogP contribution in [0.4, 0.5) is 5.82 Å². The minimum Gasteiger partial charge on any atom is -0.363 e. The monoisotopic (exact) mass is 340 g/mol. The highest BCUT2D eigenvalue weighted by Crippen LogP contribution is 2.14. The highest BCUT2D eigenvalue weighted by atomic mass is 35.5. The number of sulfonamides is 1. The van der Waals surface area contributed by atoms with Crippen LogP contribution in [0.1, 0.15) is 11.5 Å². The van der Waals surface area contributed by atoms with Gasteiger partial charge in [-0.15, -0.1) is 0 Å². The van der Waals surface area contributed by atoms with E-state index in [0.717, 1.165) is 11.5 Å². The van der Waals surface area contributed by atoms with Gasteiger partial charge in [-0.2, -0.15) is 0 Å². The zero-order valence-electron chi connectivity index (χ0n) is 12.5. The van der Waals surface area contributed by atoms with Gasteiger partial charge in [0.1, 0.15) is 11.6 Å². The first kappa shape index (κ1) is 16.7. The summed E-state index contributed by atoms with van der Waals surface area (Å²) in [5.41, 5.74) is 0.777. The molecule has 0 aliphatic rings. The molecule has 0 aliphatic heterocycles. The van der Waals surface area contributed by atoms with Gasteiger partial charge in [-0.25, -0.2) is 23.1 Å². The fourth-order valence-corrected chi connectivity index (χ4v) is 2.88. The Balaban J connectivity index is 2.17. The highest BCUT2D eigenvalue weighted by Gasteiger charge is 2.14. The van der Waals surface area contributed by atoms with Crippen molar-refractivity contribution in [3.05, 3.63) is 46.9 Å². The Morgan fingerprint density at radius 1 is 1.18 bits per heavy atom. The van der Waals surface area contributed by atoms with E-state index in [2.05, 4.69) is 14.7 Å². The van der Waals surface area contributed by atoms with E-state index in [-0.39, 0.29) is 11.4 Å². The van der Waals surface area contributed by atoms with Gasteiger partial charge in [0.15, 0.2) is 0 Å². The van der Waals surface area contributed by atoms with Crippen LogP contribution in [0.5, 0.6) is 0 Å². The number of nitrogens with zero attached hydrogens (tertiary/aromatic N) is 3. The fourth-order valence-electron chi connectivity index (χ4n) is 1.78. The first-order chi connectivity index (χ1) is 10.3. The van der Waals surface area contributed by atoms with Gasteiger partial charge in [0.25, 0.3) is 0 Å². The molecule has 1 aromatic heterocycles. The molecule has 2 aromatic rings. The van der Waals surface area contributed by atoms with E-state index in [1.54, 1.807) is 0 Å². The molecule has 0 unspecified atom stereocenters. The molecule has 2 rings (SSSR count). The number of aryl methyl sites for hydroxylation is 1. The standard InChI is InChI=1S/C14H17ClN4O2S/c1-10-8-14(19(2)3)18-13(17-10)9-16-22(20,21)12-6-4-11(15)5-7-12/h4-8,16H,9H2,1-3H3. The van der Waals surface area contributed by atoms with Crippen molar-refractivity contribution in [1.29, 1.82) is 0 Å². The van der Waals surface area contributed by atoms with Crippen molar-refractivity contribution in [2.45, 2.75) is 18.4 Å². The van der Waals surface area contributed by atoms with Gasteiger partial charge in [0.2, 0.25) is 10.0 Å². The van der Waals surface area contributed by atoms with E-state index in [4.69, 9.17) is 11.6 Å². The van der Waals surface area contributed by atoms with Crippen LogP contribution in [0, 0.1) is 6.92 Å². The van der Waals surface area contributed by atoms with Crippen LogP contribution < -0.4 is 9.62 Å². The molecule has 0 atom stereocenters. The predicted octanol–water partition coefficient (Wildman–Crippen LogP) is 1.98. The lowest BCUT2D eigenvalue weighted by Crippen LogP contribution is -2.25. The molecule has 0 aliphatic carbocycles. The number of halogens is 1. The second-order valence-electron chi connectivity index (χ2n) is 4.96. The average molecular weight is 341 g/mol. The van der Waals surface area contributed by atoms with Crippen LogP contribution in [-0.2, 0) is 16.6 Å². The maximum atomic E-state index is 12.2. The summed E-state index contributed by atoms with van der Waals surface area (Å²) in [5, 5.41) is 0.483. The molecule has 0 bridgehead atoms. The second kappa shape index (κ2) is 6.60. The van der Waals surface area contributed by atoms with Gasteiger partial charge in [0.05, 0.1) is 11.4 Å². The van der Waals surface area contributed by atoms with Gasteiger partial charge in [-0.3, -0.25) is 0 Å². The van der Waals surface area contributed by atoms with Crippen molar-refractivity contribution < 1.29 is 8.42 Å². The number of nitrogens with one attached hydrogen (secondary N) is 1. The molecule has 0 fully saturated rings. The molecule has 0 saturated heterocycles. The molecule has 0 radical (unpaired) electrons. The molecular formula is C14H17ClN4O2S. The Hall–Kier alpha value is -1.70. The Kier molecular flexibility index (Phi) is 5.00. The van der Waals surface area contributed by atoms with Crippen molar-refractivity contribution in [3.63, 3.8) is 0 Å². The number of benzene rings is 1. The zero-order chi connectivity index (χ0) is 16.3. The lowest BCUT2D eigenvalue weighted by Gasteiger charge is -2.13. The second-order valence-corrected chi connectivity index (χ2v) is 7.16. The molecule has 118 valence electrons. The minimum absolute atomic E-state index is 0.0213. The summed E-state index contributed by atoms with van der Waals surface area (Å²) in [5.74, 6) is 1.15. The Morgan fingerprint density at radius 2 is 1.82 bits per heavy atom. The van der Waals surface area contributed by atoms with Crippen LogP contribution in [0.15, 0.2) is 35.2 Å². The van der Waals surface area contributed by atoms with Crippen LogP contribution in [0.25, 0.3) is 0 Å². The molecule has 0 amide bonds. The van der Waals surface area contributed by atoms with E-state index in [1.165, 1.54) is 24.3 Å². The Morgan fingerprint density at radius 3 is 2.41 bits per heavy atom. The van der Waals surface area contributed by atoms with Gasteiger partial charge in [-0.1, -0.05) is 11.6 Å². The molecule has 8 heteroatoms. The molecular weight excluding hydrogens is 324 g/mol. The SMILES string of the molecule is Cc1cc(N(C)C)nc(CNS(=O)(=O)c2ccc(Cl)cc2)n1. The lowest BCUT2D eigenvalue weighted by atomic mass is 10.4. The van der Waals surface area contributed by atoms with E-state index in [9.17, 15) is 8.42 Å². The van der Waals surface area contributed by atoms with Crippen LogP contribution in [0.2, 0.25) is 5.02 Å². The van der Waals surface area contributed by atoms with Gasteiger partial charge in [0, 0.05) is 30.9 Å².